The van der Waals surface area contributed by atoms with Crippen molar-refractivity contribution in [2.24, 2.45) is 5.73 Å². The first-order valence-corrected chi connectivity index (χ1v) is 12.2. The van der Waals surface area contributed by atoms with Crippen LogP contribution in [0.25, 0.3) is 0 Å². The van der Waals surface area contributed by atoms with Gasteiger partial charge >= 0.3 is 5.97 Å². The molecule has 0 aromatic heterocycles. The Labute approximate surface area is 215 Å². The second kappa shape index (κ2) is 13.6. The molecule has 0 amide bonds. The average Bonchev–Trinajstić information content (AvgIpc) is 2.86. The van der Waals surface area contributed by atoms with Crippen molar-refractivity contribution in [2.45, 2.75) is 51.3 Å². The lowest BCUT2D eigenvalue weighted by molar-refractivity contribution is -0.149. The number of aromatic hydroxyl groups is 1. The van der Waals surface area contributed by atoms with Gasteiger partial charge in [-0.2, -0.15) is 0 Å². The Morgan fingerprint density at radius 3 is 2.30 bits per heavy atom. The van der Waals surface area contributed by atoms with Crippen LogP contribution in [0.2, 0.25) is 0 Å². The molecule has 0 heterocycles. The molecule has 0 aliphatic rings. The van der Waals surface area contributed by atoms with E-state index in [9.17, 15) is 23.5 Å². The highest BCUT2D eigenvalue weighted by Crippen LogP contribution is 2.15. The number of aryl methyl sites for hydroxylation is 1. The van der Waals surface area contributed by atoms with E-state index >= 15 is 0 Å². The minimum Gasteiger partial charge on any atom is -0.508 e. The predicted molar refractivity (Wildman–Crippen MR) is 137 cm³/mol. The summed E-state index contributed by atoms with van der Waals surface area (Å²) in [5.74, 6) is -2.25. The fourth-order valence-corrected chi connectivity index (χ4v) is 3.97. The van der Waals surface area contributed by atoms with Gasteiger partial charge < -0.3 is 20.9 Å². The van der Waals surface area contributed by atoms with Crippen LogP contribution < -0.4 is 11.1 Å². The fraction of sp³-hybridized carbons (Fsp3) is 0.310. The Balaban J connectivity index is 1.62. The van der Waals surface area contributed by atoms with Crippen LogP contribution in [-0.2, 0) is 28.9 Å². The third kappa shape index (κ3) is 9.08. The summed E-state index contributed by atoms with van der Waals surface area (Å²) in [6, 6.07) is 16.3. The van der Waals surface area contributed by atoms with Gasteiger partial charge in [0, 0.05) is 37.2 Å². The van der Waals surface area contributed by atoms with Crippen molar-refractivity contribution in [1.82, 2.24) is 5.32 Å². The normalized spacial score (nSPS) is 12.6. The molecule has 4 N–H and O–H groups in total. The quantitative estimate of drug-likeness (QED) is 0.232. The Hall–Kier alpha value is -3.62. The van der Waals surface area contributed by atoms with E-state index in [1.165, 1.54) is 42.0 Å². The van der Waals surface area contributed by atoms with Gasteiger partial charge in [-0.25, -0.2) is 8.78 Å². The SMILES string of the molecule is CCc1cccc(CNC[C@@H](OC(=O)CCC(=O)c2ccc(O)cc2)[C@@H](N)Cc2cc(F)cc(F)c2)c1. The number of ether oxygens (including phenoxy) is 1. The van der Waals surface area contributed by atoms with E-state index in [0.29, 0.717) is 17.7 Å². The molecule has 0 fully saturated rings. The molecule has 0 aliphatic heterocycles. The summed E-state index contributed by atoms with van der Waals surface area (Å²) in [4.78, 5) is 25.0. The van der Waals surface area contributed by atoms with E-state index in [-0.39, 0.29) is 37.3 Å². The second-order valence-electron chi connectivity index (χ2n) is 8.95. The zero-order chi connectivity index (χ0) is 26.8. The first-order valence-electron chi connectivity index (χ1n) is 12.2. The summed E-state index contributed by atoms with van der Waals surface area (Å²) in [5.41, 5.74) is 9.32. The van der Waals surface area contributed by atoms with Crippen LogP contribution in [0.4, 0.5) is 8.78 Å². The van der Waals surface area contributed by atoms with E-state index in [4.69, 9.17) is 10.5 Å². The number of benzene rings is 3. The number of hydrogen-bond donors (Lipinski definition) is 3. The molecule has 3 rings (SSSR count). The lowest BCUT2D eigenvalue weighted by Crippen LogP contribution is -2.46. The number of ketones is 1. The summed E-state index contributed by atoms with van der Waals surface area (Å²) in [7, 11) is 0. The molecule has 37 heavy (non-hydrogen) atoms. The highest BCUT2D eigenvalue weighted by molar-refractivity contribution is 5.97. The summed E-state index contributed by atoms with van der Waals surface area (Å²) in [5, 5.41) is 12.6. The third-order valence-electron chi connectivity index (χ3n) is 5.97. The number of halogens is 2. The topological polar surface area (TPSA) is 102 Å². The maximum atomic E-state index is 13.7. The van der Waals surface area contributed by atoms with Crippen molar-refractivity contribution in [3.05, 3.63) is 101 Å². The van der Waals surface area contributed by atoms with Crippen LogP contribution in [-0.4, -0.2) is 35.5 Å². The Bertz CT molecular complexity index is 1180. The van der Waals surface area contributed by atoms with Crippen LogP contribution in [0, 0.1) is 11.6 Å². The van der Waals surface area contributed by atoms with Gasteiger partial charge in [0.25, 0.3) is 0 Å². The molecule has 0 aliphatic carbocycles. The largest absolute Gasteiger partial charge is 0.508 e. The number of nitrogens with two attached hydrogens (primary N) is 1. The number of carbonyl (C=O) groups excluding carboxylic acids is 2. The first-order chi connectivity index (χ1) is 17.7. The van der Waals surface area contributed by atoms with Gasteiger partial charge in [0.15, 0.2) is 5.78 Å². The fourth-order valence-electron chi connectivity index (χ4n) is 3.97. The van der Waals surface area contributed by atoms with Gasteiger partial charge in [-0.3, -0.25) is 9.59 Å². The Morgan fingerprint density at radius 1 is 0.946 bits per heavy atom. The molecule has 3 aromatic carbocycles. The van der Waals surface area contributed by atoms with Gasteiger partial charge in [-0.15, -0.1) is 0 Å². The van der Waals surface area contributed by atoms with E-state index in [1.807, 2.05) is 18.2 Å². The number of esters is 1. The molecule has 196 valence electrons. The molecule has 0 saturated heterocycles. The maximum absolute atomic E-state index is 13.7. The Kier molecular flexibility index (Phi) is 10.3. The molecule has 6 nitrogen and oxygen atoms in total. The molecule has 0 spiro atoms. The summed E-state index contributed by atoms with van der Waals surface area (Å²) in [6.45, 7) is 2.80. The maximum Gasteiger partial charge on any atom is 0.306 e. The monoisotopic (exact) mass is 510 g/mol. The predicted octanol–water partition coefficient (Wildman–Crippen LogP) is 4.47. The van der Waals surface area contributed by atoms with E-state index in [1.54, 1.807) is 0 Å². The molecule has 0 saturated carbocycles. The highest BCUT2D eigenvalue weighted by Gasteiger charge is 2.23. The van der Waals surface area contributed by atoms with E-state index in [0.717, 1.165) is 18.1 Å². The first kappa shape index (κ1) is 28.0. The minimum atomic E-state index is -0.794. The van der Waals surface area contributed by atoms with Crippen LogP contribution in [0.3, 0.4) is 0 Å². The highest BCUT2D eigenvalue weighted by atomic mass is 19.1. The molecular weight excluding hydrogens is 478 g/mol. The van der Waals surface area contributed by atoms with E-state index in [2.05, 4.69) is 18.3 Å². The van der Waals surface area contributed by atoms with Crippen LogP contribution >= 0.6 is 0 Å². The number of nitrogens with one attached hydrogen (secondary N) is 1. The number of carbonyl (C=O) groups is 2. The number of Topliss-reactive ketones (excluding diaryl/α,β-unsaturated/α-hetero) is 1. The van der Waals surface area contributed by atoms with Gasteiger partial charge in [0.1, 0.15) is 23.5 Å². The van der Waals surface area contributed by atoms with Gasteiger partial charge in [-0.05, 0) is 65.9 Å². The van der Waals surface area contributed by atoms with Crippen LogP contribution in [0.5, 0.6) is 5.75 Å². The molecule has 0 radical (unpaired) electrons. The summed E-state index contributed by atoms with van der Waals surface area (Å²) >= 11 is 0. The van der Waals surface area contributed by atoms with Gasteiger partial charge in [0.2, 0.25) is 0 Å². The standard InChI is InChI=1S/C29H32F2N2O4/c1-2-19-4-3-5-20(12-19)17-33-18-28(26(32)15-21-13-23(30)16-24(31)14-21)37-29(36)11-10-27(35)22-6-8-25(34)9-7-22/h3-9,12-14,16,26,28,33-34H,2,10-11,15,17-18,32H2,1H3/t26-,28+/m0/s1. The summed E-state index contributed by atoms with van der Waals surface area (Å²) in [6.07, 6.45) is -0.0246. The lowest BCUT2D eigenvalue weighted by atomic mass is 10.0. The molecule has 8 heteroatoms. The number of hydrogen-bond acceptors (Lipinski definition) is 6. The van der Waals surface area contributed by atoms with Crippen molar-refractivity contribution in [3.8, 4) is 5.75 Å². The molecule has 0 bridgehead atoms. The van der Waals surface area contributed by atoms with Gasteiger partial charge in [0.05, 0.1) is 6.42 Å². The number of phenols is 1. The Morgan fingerprint density at radius 2 is 1.62 bits per heavy atom. The molecule has 3 aromatic rings. The third-order valence-corrected chi connectivity index (χ3v) is 5.97. The van der Waals surface area contributed by atoms with Crippen molar-refractivity contribution >= 4 is 11.8 Å². The minimum absolute atomic E-state index is 0.0416. The smallest absolute Gasteiger partial charge is 0.306 e. The second-order valence-corrected chi connectivity index (χ2v) is 8.95. The molecule has 0 unspecified atom stereocenters. The van der Waals surface area contributed by atoms with Crippen LogP contribution in [0.15, 0.2) is 66.7 Å². The molecule has 2 atom stereocenters. The number of rotatable bonds is 13. The van der Waals surface area contributed by atoms with Crippen molar-refractivity contribution < 1.29 is 28.2 Å². The number of phenolic OH excluding ortho intramolecular Hbond substituents is 1. The van der Waals surface area contributed by atoms with Crippen LogP contribution in [0.1, 0.15) is 46.8 Å². The van der Waals surface area contributed by atoms with Crippen molar-refractivity contribution in [1.29, 1.82) is 0 Å². The van der Waals surface area contributed by atoms with Crippen molar-refractivity contribution in [2.75, 3.05) is 6.54 Å². The zero-order valence-electron chi connectivity index (χ0n) is 20.8. The molecular formula is C29H32F2N2O4. The van der Waals surface area contributed by atoms with Crippen molar-refractivity contribution in [3.63, 3.8) is 0 Å². The zero-order valence-corrected chi connectivity index (χ0v) is 20.8. The summed E-state index contributed by atoms with van der Waals surface area (Å²) < 4.78 is 32.9. The lowest BCUT2D eigenvalue weighted by Gasteiger charge is -2.25. The van der Waals surface area contributed by atoms with Gasteiger partial charge in [-0.1, -0.05) is 31.2 Å². The average molecular weight is 511 g/mol. The van der Waals surface area contributed by atoms with E-state index < -0.39 is 29.7 Å².